The molecule has 4 rings (SSSR count). The van der Waals surface area contributed by atoms with Crippen LogP contribution in [0.15, 0.2) is 55.6 Å². The van der Waals surface area contributed by atoms with Crippen LogP contribution in [-0.2, 0) is 14.4 Å². The fraction of sp³-hybridized carbons (Fsp3) is 0.594. The van der Waals surface area contributed by atoms with Gasteiger partial charge in [-0.1, -0.05) is 43.2 Å². The number of benzene rings is 1. The highest BCUT2D eigenvalue weighted by molar-refractivity contribution is 8.02. The molecular formula is C32H45N3O4S. The van der Waals surface area contributed by atoms with Gasteiger partial charge in [0.1, 0.15) is 6.04 Å². The summed E-state index contributed by atoms with van der Waals surface area (Å²) in [4.78, 5) is 48.5. The Bertz CT molecular complexity index is 1100. The third-order valence-corrected chi connectivity index (χ3v) is 10.6. The van der Waals surface area contributed by atoms with E-state index in [-0.39, 0.29) is 29.6 Å². The molecule has 0 aromatic heterocycles. The van der Waals surface area contributed by atoms with E-state index in [9.17, 15) is 19.5 Å². The van der Waals surface area contributed by atoms with Crippen molar-refractivity contribution in [2.75, 3.05) is 31.1 Å². The lowest BCUT2D eigenvalue weighted by Gasteiger charge is -2.42. The van der Waals surface area contributed by atoms with Crippen molar-refractivity contribution in [3.8, 4) is 0 Å². The summed E-state index contributed by atoms with van der Waals surface area (Å²) in [5.41, 5.74) is 0.346. The van der Waals surface area contributed by atoms with Crippen molar-refractivity contribution < 1.29 is 19.5 Å². The minimum Gasteiger partial charge on any atom is -0.396 e. The zero-order valence-electron chi connectivity index (χ0n) is 24.3. The Kier molecular flexibility index (Phi) is 9.51. The molecule has 1 N–H and O–H groups in total. The number of fused-ring (bicyclic) bond motifs is 1. The number of aliphatic hydroxyl groups is 1. The highest BCUT2D eigenvalue weighted by Crippen LogP contribution is 2.67. The Balaban J connectivity index is 1.71. The molecule has 3 amide bonds. The molecule has 2 bridgehead atoms. The van der Waals surface area contributed by atoms with Gasteiger partial charge in [0.05, 0.1) is 16.6 Å². The van der Waals surface area contributed by atoms with E-state index in [0.29, 0.717) is 19.6 Å². The molecule has 1 aromatic carbocycles. The predicted octanol–water partition coefficient (Wildman–Crippen LogP) is 4.66. The Morgan fingerprint density at radius 1 is 1.07 bits per heavy atom. The van der Waals surface area contributed by atoms with Crippen molar-refractivity contribution >= 4 is 35.2 Å². The summed E-state index contributed by atoms with van der Waals surface area (Å²) < 4.78 is -0.620. The van der Waals surface area contributed by atoms with Gasteiger partial charge in [-0.25, -0.2) is 0 Å². The normalized spacial score (nSPS) is 27.0. The molecule has 218 valence electrons. The lowest BCUT2D eigenvalue weighted by atomic mass is 9.70. The minimum atomic E-state index is -0.620. The summed E-state index contributed by atoms with van der Waals surface area (Å²) in [6.07, 6.45) is 8.26. The van der Waals surface area contributed by atoms with Crippen LogP contribution in [0.2, 0.25) is 0 Å². The van der Waals surface area contributed by atoms with Crippen molar-refractivity contribution in [2.45, 2.75) is 80.9 Å². The lowest BCUT2D eigenvalue weighted by molar-refractivity contribution is -0.145. The van der Waals surface area contributed by atoms with Crippen molar-refractivity contribution in [1.82, 2.24) is 9.80 Å². The Morgan fingerprint density at radius 3 is 2.38 bits per heavy atom. The Labute approximate surface area is 243 Å². The maximum absolute atomic E-state index is 14.5. The second kappa shape index (κ2) is 12.5. The van der Waals surface area contributed by atoms with Crippen molar-refractivity contribution in [1.29, 1.82) is 0 Å². The summed E-state index contributed by atoms with van der Waals surface area (Å²) >= 11 is 1.71. The Morgan fingerprint density at radius 2 is 1.75 bits per heavy atom. The van der Waals surface area contributed by atoms with Crippen molar-refractivity contribution in [2.24, 2.45) is 11.8 Å². The summed E-state index contributed by atoms with van der Waals surface area (Å²) in [6, 6.07) is 8.95. The number of unbranched alkanes of at least 4 members (excludes halogenated alkanes) is 3. The van der Waals surface area contributed by atoms with Crippen LogP contribution in [-0.4, -0.2) is 80.4 Å². The van der Waals surface area contributed by atoms with Crippen molar-refractivity contribution in [3.63, 3.8) is 0 Å². The van der Waals surface area contributed by atoms with E-state index in [4.69, 9.17) is 0 Å². The van der Waals surface area contributed by atoms with Crippen LogP contribution in [0.5, 0.6) is 0 Å². The monoisotopic (exact) mass is 567 g/mol. The molecule has 1 spiro atoms. The van der Waals surface area contributed by atoms with Crippen LogP contribution in [0.25, 0.3) is 0 Å². The largest absolute Gasteiger partial charge is 0.396 e. The van der Waals surface area contributed by atoms with Gasteiger partial charge in [-0.05, 0) is 58.6 Å². The summed E-state index contributed by atoms with van der Waals surface area (Å²) in [5, 5.41) is 9.18. The van der Waals surface area contributed by atoms with E-state index in [1.54, 1.807) is 28.8 Å². The van der Waals surface area contributed by atoms with Gasteiger partial charge < -0.3 is 19.8 Å². The number of para-hydroxylation sites is 1. The number of rotatable bonds is 13. The SMILES string of the molecule is C=CCN(C(=O)[C@@H]1[C@@H]2CCC3(S2)C(C(=O)N(CC=C)C(C)(C)C)N(CCCCCCO)C(=O)[C@H]13)c1ccccc1. The molecule has 3 saturated heterocycles. The molecular weight excluding hydrogens is 522 g/mol. The van der Waals surface area contributed by atoms with Gasteiger partial charge in [0, 0.05) is 42.7 Å². The van der Waals surface area contributed by atoms with Crippen LogP contribution < -0.4 is 4.90 Å². The number of likely N-dealkylation sites (tertiary alicyclic amines) is 1. The van der Waals surface area contributed by atoms with Crippen molar-refractivity contribution in [3.05, 3.63) is 55.6 Å². The molecule has 3 heterocycles. The standard InChI is InChI=1S/C32H45N3O4S/c1-6-19-33(23-15-11-10-12-16-23)28(37)25-24-17-18-32(40-24)26(25)29(38)34(21-13-8-9-14-22-36)27(32)30(39)35(20-7-2)31(3,4)5/h6-7,10-12,15-16,24-27,36H,1-2,8-9,13-14,17-22H2,3-5H3/t24-,25+,26-,27?,32?/m0/s1. The van der Waals surface area contributed by atoms with Gasteiger partial charge in [-0.3, -0.25) is 14.4 Å². The summed E-state index contributed by atoms with van der Waals surface area (Å²) in [6.45, 7) is 15.2. The average molecular weight is 568 g/mol. The molecule has 3 aliphatic rings. The summed E-state index contributed by atoms with van der Waals surface area (Å²) in [7, 11) is 0. The van der Waals surface area contributed by atoms with Gasteiger partial charge in [0.2, 0.25) is 17.7 Å². The van der Waals surface area contributed by atoms with Crippen LogP contribution in [0.1, 0.15) is 59.3 Å². The second-order valence-electron chi connectivity index (χ2n) is 12.2. The highest BCUT2D eigenvalue weighted by Gasteiger charge is 2.74. The number of hydrogen-bond donors (Lipinski definition) is 1. The first-order valence-corrected chi connectivity index (χ1v) is 15.5. The van der Waals surface area contributed by atoms with E-state index >= 15 is 0 Å². The second-order valence-corrected chi connectivity index (χ2v) is 13.8. The zero-order valence-corrected chi connectivity index (χ0v) is 25.1. The van der Waals surface area contributed by atoms with Crippen LogP contribution in [0, 0.1) is 11.8 Å². The molecule has 3 aliphatic heterocycles. The van der Waals surface area contributed by atoms with Gasteiger partial charge in [0.15, 0.2) is 0 Å². The number of nitrogens with zero attached hydrogens (tertiary/aromatic N) is 3. The van der Waals surface area contributed by atoms with Crippen LogP contribution >= 0.6 is 11.8 Å². The topological polar surface area (TPSA) is 81.2 Å². The highest BCUT2D eigenvalue weighted by atomic mass is 32.2. The average Bonchev–Trinajstić information content (AvgIpc) is 3.57. The number of hydrogen-bond acceptors (Lipinski definition) is 5. The molecule has 2 unspecified atom stereocenters. The number of amides is 3. The number of carbonyl (C=O) groups excluding carboxylic acids is 3. The third kappa shape index (κ3) is 5.49. The molecule has 0 saturated carbocycles. The van der Waals surface area contributed by atoms with E-state index in [2.05, 4.69) is 13.2 Å². The lowest BCUT2D eigenvalue weighted by Crippen LogP contribution is -2.58. The van der Waals surface area contributed by atoms with Gasteiger partial charge >= 0.3 is 0 Å². The van der Waals surface area contributed by atoms with Gasteiger partial charge in [0.25, 0.3) is 0 Å². The molecule has 5 atom stereocenters. The summed E-state index contributed by atoms with van der Waals surface area (Å²) in [5.74, 6) is -1.18. The molecule has 3 fully saturated rings. The Hall–Kier alpha value is -2.58. The fourth-order valence-electron chi connectivity index (χ4n) is 6.91. The molecule has 0 aliphatic carbocycles. The van der Waals surface area contributed by atoms with Gasteiger partial charge in [-0.15, -0.1) is 24.9 Å². The maximum Gasteiger partial charge on any atom is 0.247 e. The van der Waals surface area contributed by atoms with E-state index in [1.165, 1.54) is 0 Å². The van der Waals surface area contributed by atoms with Crippen LogP contribution in [0.3, 0.4) is 0 Å². The molecule has 8 heteroatoms. The van der Waals surface area contributed by atoms with E-state index in [1.807, 2.05) is 60.9 Å². The molecule has 40 heavy (non-hydrogen) atoms. The number of carbonyl (C=O) groups is 3. The smallest absolute Gasteiger partial charge is 0.247 e. The first-order valence-electron chi connectivity index (χ1n) is 14.6. The molecule has 7 nitrogen and oxygen atoms in total. The molecule has 0 radical (unpaired) electrons. The fourth-order valence-corrected chi connectivity index (χ4v) is 9.12. The third-order valence-electron chi connectivity index (χ3n) is 8.66. The maximum atomic E-state index is 14.5. The van der Waals surface area contributed by atoms with E-state index in [0.717, 1.165) is 44.2 Å². The first-order chi connectivity index (χ1) is 19.1. The zero-order chi connectivity index (χ0) is 29.1. The van der Waals surface area contributed by atoms with E-state index < -0.39 is 28.2 Å². The number of thioether (sulfide) groups is 1. The predicted molar refractivity (Wildman–Crippen MR) is 162 cm³/mol. The number of aliphatic hydroxyl groups excluding tert-OH is 1. The van der Waals surface area contributed by atoms with Crippen LogP contribution in [0.4, 0.5) is 5.69 Å². The van der Waals surface area contributed by atoms with Gasteiger partial charge in [-0.2, -0.15) is 0 Å². The molecule has 1 aromatic rings. The minimum absolute atomic E-state index is 0.00183. The first kappa shape index (κ1) is 30.4. The number of anilines is 1. The quantitative estimate of drug-likeness (QED) is 0.277.